The lowest BCUT2D eigenvalue weighted by atomic mass is 9.89. The van der Waals surface area contributed by atoms with E-state index in [1.54, 1.807) is 77.9 Å². The number of allylic oxidation sites excluding steroid dienone is 1. The van der Waals surface area contributed by atoms with Crippen LogP contribution >= 0.6 is 47.0 Å². The van der Waals surface area contributed by atoms with Crippen molar-refractivity contribution in [2.75, 3.05) is 54.3 Å². The van der Waals surface area contributed by atoms with E-state index in [0.717, 1.165) is 64.2 Å². The summed E-state index contributed by atoms with van der Waals surface area (Å²) >= 11 is 2.10. The Morgan fingerprint density at radius 2 is 0.616 bits per heavy atom. The number of carboxylic acid groups (broad SMARTS) is 4. The van der Waals surface area contributed by atoms with Crippen LogP contribution in [0.3, 0.4) is 0 Å². The minimum atomic E-state index is -1.45. The Hall–Kier alpha value is -12.7. The molecule has 2 aromatic carbocycles. The maximum atomic E-state index is 12.2. The van der Waals surface area contributed by atoms with E-state index in [4.69, 9.17) is 80.5 Å². The molecule has 2 fully saturated rings. The van der Waals surface area contributed by atoms with Crippen LogP contribution in [0.5, 0.6) is 0 Å². The van der Waals surface area contributed by atoms with Gasteiger partial charge in [0.25, 0.3) is 17.5 Å². The third kappa shape index (κ3) is 44.6. The van der Waals surface area contributed by atoms with Crippen molar-refractivity contribution in [1.82, 2.24) is 0 Å². The van der Waals surface area contributed by atoms with Gasteiger partial charge in [-0.05, 0) is 214 Å². The smallest absolute Gasteiger partial charge is 0.481 e. The molecule has 49 heteroatoms. The van der Waals surface area contributed by atoms with Gasteiger partial charge < -0.3 is 115 Å². The standard InChI is InChI=1S/C24H36O10S.C24H24O10S.C21H22O15S.C20H32O10S/c2*1-24(2,35-23(30)34-15-33-22(29)17-11-7-4-8-12-17)18(20(26)27)13-19(25)31-14-32-21(28)16-9-5-3-6-10-16;1-9-14(35-11(3)33-9)17(25)31-8-32-20(28)37-21(4,5)12(16(23)24)6-13(22)29-7-30-18(26)15-10(2)34-19(27)36-15;1-18(2,3)15(24)28-10-27-13(21)9-12(14(22)23)20(7,8)31-17(26)30-11-29-16(25)19(4,5)6/h16-18H,3-15H2,1-2H3,(H,26,27);3-12,18H,13-15H2,1-2H3,(H,26,27);12H,3,6-8H2,1-2,4-5H3,(H,23,24);12H,9-11H2,1-8H3,(H,22,23)/t2*18-;2*12-/m0000/s1. The van der Waals surface area contributed by atoms with Crippen LogP contribution in [-0.2, 0) is 148 Å². The molecule has 138 heavy (non-hydrogen) atoms. The number of carboxylic acids is 4. The highest BCUT2D eigenvalue weighted by atomic mass is 32.2. The lowest BCUT2D eigenvalue weighted by Crippen LogP contribution is -2.37. The van der Waals surface area contributed by atoms with Gasteiger partial charge in [0.2, 0.25) is 54.3 Å². The number of aliphatic carboxylic acids is 4. The fraction of sp³-hybridized carbons (Fsp3) is 0.562. The van der Waals surface area contributed by atoms with Crippen molar-refractivity contribution in [1.29, 1.82) is 0 Å². The number of thioether (sulfide) groups is 4. The summed E-state index contributed by atoms with van der Waals surface area (Å²) in [7, 11) is 0. The lowest BCUT2D eigenvalue weighted by Gasteiger charge is -2.29. The van der Waals surface area contributed by atoms with Gasteiger partial charge in [-0.2, -0.15) is 0 Å². The third-order valence-electron chi connectivity index (χ3n) is 19.6. The molecule has 1 aromatic heterocycles. The minimum Gasteiger partial charge on any atom is -0.481 e. The Kier molecular flexibility index (Phi) is 49.8. The summed E-state index contributed by atoms with van der Waals surface area (Å²) in [5.74, 6) is -22.5. The molecule has 4 N–H and O–H groups in total. The van der Waals surface area contributed by atoms with E-state index in [2.05, 4.69) is 20.2 Å². The van der Waals surface area contributed by atoms with Crippen LogP contribution in [0.1, 0.15) is 231 Å². The Balaban J connectivity index is 0.000000474. The quantitative estimate of drug-likeness (QED) is 0.0232. The van der Waals surface area contributed by atoms with Gasteiger partial charge >= 0.3 is 123 Å². The van der Waals surface area contributed by atoms with Gasteiger partial charge in [-0.15, -0.1) is 0 Å². The predicted molar refractivity (Wildman–Crippen MR) is 477 cm³/mol. The molecule has 6 rings (SSSR count). The van der Waals surface area contributed by atoms with Crippen LogP contribution in [-0.4, -0.2) is 210 Å². The summed E-state index contributed by atoms with van der Waals surface area (Å²) in [4.78, 5) is 250. The molecule has 0 radical (unpaired) electrons. The number of carbonyl (C=O) groups excluding carboxylic acids is 16. The van der Waals surface area contributed by atoms with Gasteiger partial charge in [0.1, 0.15) is 0 Å². The molecular formula is C89H114O45S4. The fourth-order valence-electron chi connectivity index (χ4n) is 11.7. The van der Waals surface area contributed by atoms with Crippen molar-refractivity contribution in [3.63, 3.8) is 0 Å². The zero-order valence-corrected chi connectivity index (χ0v) is 81.9. The van der Waals surface area contributed by atoms with Gasteiger partial charge in [0, 0.05) is 19.0 Å². The highest BCUT2D eigenvalue weighted by Crippen LogP contribution is 2.41. The maximum absolute atomic E-state index is 12.2. The second-order valence-electron chi connectivity index (χ2n) is 34.0. The van der Waals surface area contributed by atoms with Crippen LogP contribution in [0.2, 0.25) is 0 Å². The molecular weight excluding hydrogens is 1920 g/mol. The molecule has 3 aliphatic rings. The second kappa shape index (κ2) is 57.5. The first-order valence-electron chi connectivity index (χ1n) is 42.1. The summed E-state index contributed by atoms with van der Waals surface area (Å²) in [6.07, 6.45) is 6.64. The number of rotatable bonds is 42. The SMILES string of the molecule is C=C1OC(C)=C(C(=O)OCOC(=O)SC(C)(C)[C@@H](CC(=O)OCOC(=O)c2oc(=O)oc2C)C(=O)O)O1.CC(C)(C)C(=O)OCOC(=O)C[C@@H](C(=O)O)C(C)(C)SC(=O)OCOC(=O)C(C)(C)C.CC(C)(SC(=O)OCOC(=O)C1CCCCC1)[C@@H](CC(=O)OCOC(=O)C1CCCCC1)C(=O)O.CC(C)(SC(=O)OCOC(=O)c1ccccc1)[C@@H](CC(=O)OCOC(=O)c1ccccc1)C(=O)O. The van der Waals surface area contributed by atoms with Crippen molar-refractivity contribution in [3.05, 3.63) is 118 Å². The normalized spacial score (nSPS) is 14.2. The number of aryl methyl sites for hydroxylation is 1. The first-order valence-corrected chi connectivity index (χ1v) is 45.3. The minimum absolute atomic E-state index is 0.103. The second-order valence-corrected chi connectivity index (χ2v) is 40.4. The fourth-order valence-corrected chi connectivity index (χ4v) is 15.2. The van der Waals surface area contributed by atoms with Crippen LogP contribution in [0.15, 0.2) is 98.3 Å². The van der Waals surface area contributed by atoms with Crippen molar-refractivity contribution in [2.24, 2.45) is 46.3 Å². The first-order chi connectivity index (χ1) is 64.3. The van der Waals surface area contributed by atoms with Crippen molar-refractivity contribution in [2.45, 2.75) is 220 Å². The number of hydrogen-bond donors (Lipinski definition) is 4. The highest BCUT2D eigenvalue weighted by molar-refractivity contribution is 8.15. The van der Waals surface area contributed by atoms with E-state index in [0.29, 0.717) is 47.0 Å². The van der Waals surface area contributed by atoms with Crippen molar-refractivity contribution < 1.29 is 210 Å². The van der Waals surface area contributed by atoms with Gasteiger partial charge in [-0.25, -0.2) is 43.2 Å². The molecule has 0 saturated heterocycles. The average molecular weight is 2030 g/mol. The topological polar surface area (TPSA) is 632 Å². The van der Waals surface area contributed by atoms with Crippen LogP contribution < -0.4 is 5.82 Å². The largest absolute Gasteiger partial charge is 0.519 e. The molecule has 2 saturated carbocycles. The number of benzene rings is 2. The molecule has 0 bridgehead atoms. The van der Waals surface area contributed by atoms with Crippen LogP contribution in [0.25, 0.3) is 0 Å². The van der Waals surface area contributed by atoms with Crippen molar-refractivity contribution >= 4 is 164 Å². The van der Waals surface area contributed by atoms with Gasteiger partial charge in [0.05, 0.1) is 83.1 Å². The molecule has 2 aliphatic carbocycles. The summed E-state index contributed by atoms with van der Waals surface area (Å²) in [6, 6.07) is 16.1. The van der Waals surface area contributed by atoms with E-state index in [9.17, 15) is 121 Å². The van der Waals surface area contributed by atoms with E-state index in [1.165, 1.54) is 93.5 Å². The van der Waals surface area contributed by atoms with E-state index in [-0.39, 0.29) is 46.2 Å². The van der Waals surface area contributed by atoms with E-state index in [1.807, 2.05) is 0 Å². The molecule has 0 spiro atoms. The average Bonchev–Trinajstić information content (AvgIpc) is 1.23. The summed E-state index contributed by atoms with van der Waals surface area (Å²) < 4.78 is 91.0. The molecule has 1 aliphatic heterocycles. The predicted octanol–water partition coefficient (Wildman–Crippen LogP) is 13.9. The van der Waals surface area contributed by atoms with Gasteiger partial charge in [-0.1, -0.05) is 74.9 Å². The van der Waals surface area contributed by atoms with Crippen LogP contribution in [0.4, 0.5) is 19.2 Å². The number of esters is 12. The maximum Gasteiger partial charge on any atom is 0.519 e. The monoisotopic (exact) mass is 2030 g/mol. The first kappa shape index (κ1) is 119. The summed E-state index contributed by atoms with van der Waals surface area (Å²) in [5.41, 5.74) is -1.02. The molecule has 764 valence electrons. The van der Waals surface area contributed by atoms with Crippen molar-refractivity contribution in [3.8, 4) is 0 Å². The van der Waals surface area contributed by atoms with Gasteiger partial charge in [-0.3, -0.25) is 57.5 Å². The number of carbonyl (C=O) groups is 20. The highest BCUT2D eigenvalue weighted by Gasteiger charge is 2.46. The molecule has 3 aromatic rings. The summed E-state index contributed by atoms with van der Waals surface area (Å²) in [6.45, 7) is 21.9. The molecule has 45 nitrogen and oxygen atoms in total. The zero-order valence-electron chi connectivity index (χ0n) is 78.7. The van der Waals surface area contributed by atoms with Gasteiger partial charge in [0.15, 0.2) is 11.5 Å². The molecule has 2 heterocycles. The zero-order chi connectivity index (χ0) is 104. The Morgan fingerprint density at radius 3 is 0.891 bits per heavy atom. The lowest BCUT2D eigenvalue weighted by molar-refractivity contribution is -0.175. The van der Waals surface area contributed by atoms with Crippen LogP contribution in [0, 0.1) is 53.3 Å². The Bertz CT molecular complexity index is 4840. The molecule has 0 unspecified atom stereocenters. The molecule has 0 amide bonds. The number of hydrogen-bond acceptors (Lipinski definition) is 45. The molecule has 4 atom stereocenters. The summed E-state index contributed by atoms with van der Waals surface area (Å²) in [5, 5.41) is 34.7. The Morgan fingerprint density at radius 1 is 0.348 bits per heavy atom. The Labute approximate surface area is 808 Å². The van der Waals surface area contributed by atoms with E-state index >= 15 is 0 Å². The van der Waals surface area contributed by atoms with E-state index < -0.39 is 262 Å². The number of ether oxygens (including phenoxy) is 18. The third-order valence-corrected chi connectivity index (χ3v) is 24.0.